The summed E-state index contributed by atoms with van der Waals surface area (Å²) in [5, 5.41) is 6.30. The summed E-state index contributed by atoms with van der Waals surface area (Å²) in [5.74, 6) is 0.455. The van der Waals surface area contributed by atoms with Gasteiger partial charge in [-0.15, -0.1) is 11.8 Å². The summed E-state index contributed by atoms with van der Waals surface area (Å²) in [6.45, 7) is 1.12. The molecule has 152 valence electrons. The number of nitrogens with zero attached hydrogens (tertiary/aromatic N) is 1. The van der Waals surface area contributed by atoms with Gasteiger partial charge < -0.3 is 15.0 Å². The number of carbonyl (C=O) groups excluding carboxylic acids is 3. The number of piperidine rings is 1. The van der Waals surface area contributed by atoms with Crippen LogP contribution in [-0.4, -0.2) is 54.4 Å². The number of nitrogens with one attached hydrogen (secondary N) is 2. The van der Waals surface area contributed by atoms with Crippen LogP contribution in [0.2, 0.25) is 0 Å². The molecule has 2 heterocycles. The minimum Gasteiger partial charge on any atom is -0.469 e. The van der Waals surface area contributed by atoms with Crippen molar-refractivity contribution in [3.8, 4) is 0 Å². The molecule has 2 atom stereocenters. The van der Waals surface area contributed by atoms with Crippen molar-refractivity contribution in [1.82, 2.24) is 15.5 Å². The molecule has 3 rings (SSSR count). The van der Waals surface area contributed by atoms with Crippen molar-refractivity contribution in [2.45, 2.75) is 43.0 Å². The maximum absolute atomic E-state index is 12.6. The van der Waals surface area contributed by atoms with E-state index >= 15 is 0 Å². The van der Waals surface area contributed by atoms with E-state index < -0.39 is 0 Å². The second-order valence-electron chi connectivity index (χ2n) is 7.19. The van der Waals surface area contributed by atoms with E-state index in [0.29, 0.717) is 38.8 Å². The van der Waals surface area contributed by atoms with Crippen molar-refractivity contribution in [3.63, 3.8) is 0 Å². The highest BCUT2D eigenvalue weighted by molar-refractivity contribution is 7.99. The quantitative estimate of drug-likeness (QED) is 0.697. The van der Waals surface area contributed by atoms with Gasteiger partial charge in [-0.25, -0.2) is 0 Å². The summed E-state index contributed by atoms with van der Waals surface area (Å²) in [6.07, 6.45) is 1.85. The predicted octanol–water partition coefficient (Wildman–Crippen LogP) is 1.48. The third kappa shape index (κ3) is 5.72. The Morgan fingerprint density at radius 1 is 1.21 bits per heavy atom. The topological polar surface area (TPSA) is 87.7 Å². The van der Waals surface area contributed by atoms with Crippen molar-refractivity contribution in [1.29, 1.82) is 0 Å². The third-order valence-electron chi connectivity index (χ3n) is 5.17. The van der Waals surface area contributed by atoms with Crippen LogP contribution in [0.15, 0.2) is 30.3 Å². The van der Waals surface area contributed by atoms with Crippen molar-refractivity contribution in [3.05, 3.63) is 35.9 Å². The fourth-order valence-electron chi connectivity index (χ4n) is 3.59. The molecule has 0 saturated carbocycles. The lowest BCUT2D eigenvalue weighted by molar-refractivity contribution is -0.149. The zero-order valence-electron chi connectivity index (χ0n) is 16.1. The number of likely N-dealkylation sites (tertiary alicyclic amines) is 1. The van der Waals surface area contributed by atoms with E-state index in [1.165, 1.54) is 12.7 Å². The Morgan fingerprint density at radius 3 is 2.61 bits per heavy atom. The zero-order chi connectivity index (χ0) is 19.9. The molecule has 1 aromatic rings. The van der Waals surface area contributed by atoms with Gasteiger partial charge in [0, 0.05) is 37.7 Å². The molecule has 2 unspecified atom stereocenters. The Balaban J connectivity index is 1.46. The van der Waals surface area contributed by atoms with Gasteiger partial charge in [-0.2, -0.15) is 0 Å². The van der Waals surface area contributed by atoms with Gasteiger partial charge in [0.25, 0.3) is 0 Å². The summed E-state index contributed by atoms with van der Waals surface area (Å²) < 4.78 is 4.79. The molecular weight excluding hydrogens is 378 g/mol. The van der Waals surface area contributed by atoms with Crippen LogP contribution in [0.3, 0.4) is 0 Å². The minimum absolute atomic E-state index is 0.0299. The first kappa shape index (κ1) is 20.7. The summed E-state index contributed by atoms with van der Waals surface area (Å²) in [5.41, 5.74) is 0.986. The number of rotatable bonds is 6. The number of ether oxygens (including phenoxy) is 1. The van der Waals surface area contributed by atoms with Crippen LogP contribution in [0.25, 0.3) is 0 Å². The van der Waals surface area contributed by atoms with E-state index in [2.05, 4.69) is 22.8 Å². The number of esters is 1. The summed E-state index contributed by atoms with van der Waals surface area (Å²) in [7, 11) is 1.39. The van der Waals surface area contributed by atoms with E-state index in [4.69, 9.17) is 4.74 Å². The number of hydrogen-bond acceptors (Lipinski definition) is 6. The Morgan fingerprint density at radius 2 is 1.93 bits per heavy atom. The normalized spacial score (nSPS) is 23.2. The molecule has 7 nitrogen and oxygen atoms in total. The van der Waals surface area contributed by atoms with Crippen molar-refractivity contribution < 1.29 is 19.1 Å². The van der Waals surface area contributed by atoms with Gasteiger partial charge in [-0.3, -0.25) is 19.7 Å². The maximum atomic E-state index is 12.6. The average Bonchev–Trinajstić information content (AvgIpc) is 2.72. The predicted molar refractivity (Wildman–Crippen MR) is 107 cm³/mol. The van der Waals surface area contributed by atoms with E-state index in [-0.39, 0.29) is 35.2 Å². The number of hydrogen-bond donors (Lipinski definition) is 2. The molecule has 0 aromatic heterocycles. The molecule has 28 heavy (non-hydrogen) atoms. The molecule has 2 saturated heterocycles. The van der Waals surface area contributed by atoms with Crippen LogP contribution >= 0.6 is 11.8 Å². The lowest BCUT2D eigenvalue weighted by Crippen LogP contribution is -2.56. The smallest absolute Gasteiger partial charge is 0.308 e. The lowest BCUT2D eigenvalue weighted by Gasteiger charge is -2.34. The Labute approximate surface area is 169 Å². The number of benzene rings is 1. The summed E-state index contributed by atoms with van der Waals surface area (Å²) in [4.78, 5) is 38.1. The van der Waals surface area contributed by atoms with Gasteiger partial charge in [0.15, 0.2) is 0 Å². The highest BCUT2D eigenvalue weighted by Gasteiger charge is 2.31. The highest BCUT2D eigenvalue weighted by Crippen LogP contribution is 2.22. The van der Waals surface area contributed by atoms with Gasteiger partial charge in [0.05, 0.1) is 13.0 Å². The monoisotopic (exact) mass is 405 g/mol. The molecule has 2 N–H and O–H groups in total. The van der Waals surface area contributed by atoms with Crippen LogP contribution in [0.1, 0.15) is 31.2 Å². The van der Waals surface area contributed by atoms with E-state index in [1.54, 1.807) is 16.7 Å². The SMILES string of the molecule is COC(=O)C1CCN(C(=O)CC2CC(=O)NC(SCc3ccccc3)N2)CC1. The molecule has 0 radical (unpaired) electrons. The van der Waals surface area contributed by atoms with Crippen LogP contribution in [-0.2, 0) is 24.9 Å². The lowest BCUT2D eigenvalue weighted by atomic mass is 9.96. The standard InChI is InChI=1S/C20H27N3O4S/c1-27-19(26)15-7-9-23(10-8-15)18(25)12-16-11-17(24)22-20(21-16)28-13-14-5-3-2-4-6-14/h2-6,15-16,20-21H,7-13H2,1H3,(H,22,24). The van der Waals surface area contributed by atoms with Crippen LogP contribution in [0, 0.1) is 5.92 Å². The molecular formula is C20H27N3O4S. The first-order chi connectivity index (χ1) is 13.5. The van der Waals surface area contributed by atoms with E-state index in [0.717, 1.165) is 5.75 Å². The van der Waals surface area contributed by atoms with Gasteiger partial charge in [-0.1, -0.05) is 30.3 Å². The molecule has 0 bridgehead atoms. The van der Waals surface area contributed by atoms with Crippen molar-refractivity contribution in [2.75, 3.05) is 20.2 Å². The fraction of sp³-hybridized carbons (Fsp3) is 0.550. The van der Waals surface area contributed by atoms with Gasteiger partial charge in [0.2, 0.25) is 11.8 Å². The molecule has 2 amide bonds. The zero-order valence-corrected chi connectivity index (χ0v) is 16.9. The maximum Gasteiger partial charge on any atom is 0.308 e. The first-order valence-electron chi connectivity index (χ1n) is 9.61. The Kier molecular flexibility index (Phi) is 7.33. The molecule has 2 aliphatic rings. The minimum atomic E-state index is -0.204. The third-order valence-corrected chi connectivity index (χ3v) is 6.26. The van der Waals surface area contributed by atoms with Crippen LogP contribution in [0.4, 0.5) is 0 Å². The largest absolute Gasteiger partial charge is 0.469 e. The fourth-order valence-corrected chi connectivity index (χ4v) is 4.64. The molecule has 2 aliphatic heterocycles. The second kappa shape index (κ2) is 9.93. The van der Waals surface area contributed by atoms with Crippen molar-refractivity contribution in [2.24, 2.45) is 5.92 Å². The average molecular weight is 406 g/mol. The highest BCUT2D eigenvalue weighted by atomic mass is 32.2. The molecule has 2 fully saturated rings. The van der Waals surface area contributed by atoms with E-state index in [9.17, 15) is 14.4 Å². The molecule has 0 spiro atoms. The van der Waals surface area contributed by atoms with Gasteiger partial charge in [0.1, 0.15) is 5.50 Å². The molecule has 0 aliphatic carbocycles. The Bertz CT molecular complexity index is 692. The molecule has 8 heteroatoms. The number of carbonyl (C=O) groups is 3. The number of amides is 2. The molecule has 1 aromatic carbocycles. The number of methoxy groups -OCH3 is 1. The van der Waals surface area contributed by atoms with E-state index in [1.807, 2.05) is 18.2 Å². The second-order valence-corrected chi connectivity index (χ2v) is 8.29. The van der Waals surface area contributed by atoms with Crippen molar-refractivity contribution >= 4 is 29.5 Å². The first-order valence-corrected chi connectivity index (χ1v) is 10.7. The Hall–Kier alpha value is -2.06. The van der Waals surface area contributed by atoms with Gasteiger partial charge >= 0.3 is 5.97 Å². The summed E-state index contributed by atoms with van der Waals surface area (Å²) in [6, 6.07) is 9.90. The summed E-state index contributed by atoms with van der Waals surface area (Å²) >= 11 is 1.61. The van der Waals surface area contributed by atoms with Gasteiger partial charge in [-0.05, 0) is 18.4 Å². The van der Waals surface area contributed by atoms with Crippen LogP contribution in [0.5, 0.6) is 0 Å². The number of thioether (sulfide) groups is 1. The van der Waals surface area contributed by atoms with Crippen LogP contribution < -0.4 is 10.6 Å².